The molecule has 0 aliphatic heterocycles. The molecular weight excluding hydrogens is 349 g/mol. The smallest absolute Gasteiger partial charge is 0.232 e. The van der Waals surface area contributed by atoms with Crippen LogP contribution in [0.15, 0.2) is 29.6 Å². The molecule has 0 spiro atoms. The molecular formula is C20H26FN3OS. The molecule has 1 heterocycles. The molecule has 1 aliphatic rings. The van der Waals surface area contributed by atoms with E-state index in [0.717, 1.165) is 17.4 Å². The van der Waals surface area contributed by atoms with Crippen LogP contribution >= 0.6 is 11.3 Å². The predicted molar refractivity (Wildman–Crippen MR) is 105 cm³/mol. The number of halogens is 1. The number of hydrogen-bond acceptors (Lipinski definition) is 4. The summed E-state index contributed by atoms with van der Waals surface area (Å²) in [4.78, 5) is 21.5. The van der Waals surface area contributed by atoms with E-state index in [2.05, 4.69) is 11.8 Å². The van der Waals surface area contributed by atoms with Gasteiger partial charge in [-0.2, -0.15) is 0 Å². The highest BCUT2D eigenvalue weighted by Gasteiger charge is 2.32. The Morgan fingerprint density at radius 3 is 2.58 bits per heavy atom. The fourth-order valence-corrected chi connectivity index (χ4v) is 3.89. The van der Waals surface area contributed by atoms with E-state index in [-0.39, 0.29) is 12.5 Å². The summed E-state index contributed by atoms with van der Waals surface area (Å²) in [5, 5.41) is 2.96. The average Bonchev–Trinajstić information content (AvgIpc) is 3.31. The van der Waals surface area contributed by atoms with Gasteiger partial charge >= 0.3 is 0 Å². The van der Waals surface area contributed by atoms with Crippen molar-refractivity contribution < 1.29 is 9.18 Å². The summed E-state index contributed by atoms with van der Waals surface area (Å²) in [6.45, 7) is 8.88. The quantitative estimate of drug-likeness (QED) is 0.724. The molecule has 1 saturated carbocycles. The van der Waals surface area contributed by atoms with Crippen LogP contribution in [0.25, 0.3) is 0 Å². The molecule has 2 aromatic rings. The molecule has 1 amide bonds. The average molecular weight is 376 g/mol. The zero-order valence-electron chi connectivity index (χ0n) is 15.8. The third-order valence-corrected chi connectivity index (χ3v) is 5.39. The summed E-state index contributed by atoms with van der Waals surface area (Å²) in [6, 6.07) is 7.01. The topological polar surface area (TPSA) is 36.4 Å². The Morgan fingerprint density at radius 2 is 2.00 bits per heavy atom. The molecule has 26 heavy (non-hydrogen) atoms. The maximum Gasteiger partial charge on any atom is 0.232 e. The lowest BCUT2D eigenvalue weighted by atomic mass is 9.94. The molecule has 0 bridgehead atoms. The first-order valence-corrected chi connectivity index (χ1v) is 9.96. The van der Waals surface area contributed by atoms with Crippen molar-refractivity contribution in [2.24, 2.45) is 5.41 Å². The SMILES string of the molecule is CCN(c1nc(CN(C(=O)C(C)(C)C)c2ccccc2F)cs1)C1CC1. The van der Waals surface area contributed by atoms with Gasteiger partial charge in [0.15, 0.2) is 5.13 Å². The Kier molecular flexibility index (Phi) is 5.32. The number of carbonyl (C=O) groups excluding carboxylic acids is 1. The van der Waals surface area contributed by atoms with E-state index in [4.69, 9.17) is 4.98 Å². The minimum atomic E-state index is -0.607. The number of hydrogen-bond donors (Lipinski definition) is 0. The molecule has 1 aromatic carbocycles. The van der Waals surface area contributed by atoms with Crippen LogP contribution in [0.4, 0.5) is 15.2 Å². The highest BCUT2D eigenvalue weighted by Crippen LogP contribution is 2.34. The van der Waals surface area contributed by atoms with E-state index < -0.39 is 11.2 Å². The van der Waals surface area contributed by atoms with Gasteiger partial charge in [0, 0.05) is 23.4 Å². The first-order valence-electron chi connectivity index (χ1n) is 9.08. The normalized spacial score (nSPS) is 14.3. The van der Waals surface area contributed by atoms with Gasteiger partial charge in [0.25, 0.3) is 0 Å². The van der Waals surface area contributed by atoms with Crippen molar-refractivity contribution in [3.05, 3.63) is 41.2 Å². The number of carbonyl (C=O) groups is 1. The molecule has 140 valence electrons. The van der Waals surface area contributed by atoms with Crippen molar-refractivity contribution >= 4 is 28.1 Å². The largest absolute Gasteiger partial charge is 0.345 e. The predicted octanol–water partition coefficient (Wildman–Crippen LogP) is 4.85. The number of anilines is 2. The third kappa shape index (κ3) is 4.06. The van der Waals surface area contributed by atoms with E-state index >= 15 is 0 Å². The molecule has 0 N–H and O–H groups in total. The highest BCUT2D eigenvalue weighted by atomic mass is 32.1. The lowest BCUT2D eigenvalue weighted by Gasteiger charge is -2.29. The van der Waals surface area contributed by atoms with E-state index in [1.54, 1.807) is 29.5 Å². The molecule has 0 atom stereocenters. The first kappa shape index (κ1) is 18.8. The Bertz CT molecular complexity index is 779. The number of thiazole rings is 1. The maximum atomic E-state index is 14.4. The molecule has 6 heteroatoms. The van der Waals surface area contributed by atoms with Crippen molar-refractivity contribution in [3.8, 4) is 0 Å². The van der Waals surface area contributed by atoms with Crippen LogP contribution in [-0.4, -0.2) is 23.5 Å². The van der Waals surface area contributed by atoms with Gasteiger partial charge in [-0.05, 0) is 31.9 Å². The lowest BCUT2D eigenvalue weighted by molar-refractivity contribution is -0.126. The van der Waals surface area contributed by atoms with Crippen molar-refractivity contribution in [1.82, 2.24) is 4.98 Å². The van der Waals surface area contributed by atoms with Crippen LogP contribution < -0.4 is 9.80 Å². The summed E-state index contributed by atoms with van der Waals surface area (Å²) in [6.07, 6.45) is 2.43. The lowest BCUT2D eigenvalue weighted by Crippen LogP contribution is -2.39. The van der Waals surface area contributed by atoms with Gasteiger partial charge in [0.2, 0.25) is 5.91 Å². The fraction of sp³-hybridized carbons (Fsp3) is 0.500. The Morgan fingerprint density at radius 1 is 1.31 bits per heavy atom. The van der Waals surface area contributed by atoms with Gasteiger partial charge < -0.3 is 9.80 Å². The number of amides is 1. The van der Waals surface area contributed by atoms with Crippen molar-refractivity contribution in [2.75, 3.05) is 16.3 Å². The molecule has 0 unspecified atom stereocenters. The summed E-state index contributed by atoms with van der Waals surface area (Å²) in [5.74, 6) is -0.514. The minimum Gasteiger partial charge on any atom is -0.345 e. The van der Waals surface area contributed by atoms with E-state index in [0.29, 0.717) is 11.7 Å². The van der Waals surface area contributed by atoms with Gasteiger partial charge in [0.1, 0.15) is 5.82 Å². The summed E-state index contributed by atoms with van der Waals surface area (Å²) in [7, 11) is 0. The summed E-state index contributed by atoms with van der Waals surface area (Å²) in [5.41, 5.74) is 0.492. The van der Waals surface area contributed by atoms with Crippen molar-refractivity contribution in [1.29, 1.82) is 0 Å². The van der Waals surface area contributed by atoms with Crippen molar-refractivity contribution in [3.63, 3.8) is 0 Å². The second-order valence-corrected chi connectivity index (χ2v) is 8.57. The van der Waals surface area contributed by atoms with Crippen molar-refractivity contribution in [2.45, 2.75) is 53.1 Å². The van der Waals surface area contributed by atoms with Crippen LogP contribution in [0.1, 0.15) is 46.2 Å². The van der Waals surface area contributed by atoms with Crippen LogP contribution in [0, 0.1) is 11.2 Å². The fourth-order valence-electron chi connectivity index (χ4n) is 2.94. The van der Waals surface area contributed by atoms with Gasteiger partial charge in [-0.1, -0.05) is 32.9 Å². The van der Waals surface area contributed by atoms with Gasteiger partial charge in [0.05, 0.1) is 17.9 Å². The third-order valence-electron chi connectivity index (χ3n) is 4.46. The van der Waals surface area contributed by atoms with E-state index in [1.807, 2.05) is 26.2 Å². The van der Waals surface area contributed by atoms with Gasteiger partial charge in [-0.25, -0.2) is 9.37 Å². The highest BCUT2D eigenvalue weighted by molar-refractivity contribution is 7.13. The number of rotatable bonds is 6. The second-order valence-electron chi connectivity index (χ2n) is 7.73. The van der Waals surface area contributed by atoms with Crippen LogP contribution in [-0.2, 0) is 11.3 Å². The first-order chi connectivity index (χ1) is 12.3. The Labute approximate surface area is 158 Å². The number of benzene rings is 1. The minimum absolute atomic E-state index is 0.119. The Balaban J connectivity index is 1.88. The molecule has 1 aliphatic carbocycles. The molecule has 0 radical (unpaired) electrons. The summed E-state index contributed by atoms with van der Waals surface area (Å²) < 4.78 is 14.4. The van der Waals surface area contributed by atoms with Crippen LogP contribution in [0.5, 0.6) is 0 Å². The number of aromatic nitrogens is 1. The van der Waals surface area contributed by atoms with Crippen LogP contribution in [0.2, 0.25) is 0 Å². The molecule has 4 nitrogen and oxygen atoms in total. The van der Waals surface area contributed by atoms with Gasteiger partial charge in [-0.15, -0.1) is 11.3 Å². The second kappa shape index (κ2) is 7.35. The van der Waals surface area contributed by atoms with Gasteiger partial charge in [-0.3, -0.25) is 4.79 Å². The van der Waals surface area contributed by atoms with E-state index in [1.165, 1.54) is 23.8 Å². The monoisotopic (exact) mass is 375 g/mol. The van der Waals surface area contributed by atoms with E-state index in [9.17, 15) is 9.18 Å². The molecule has 3 rings (SSSR count). The van der Waals surface area contributed by atoms with Crippen LogP contribution in [0.3, 0.4) is 0 Å². The molecule has 0 saturated heterocycles. The molecule has 1 aromatic heterocycles. The number of nitrogens with zero attached hydrogens (tertiary/aromatic N) is 3. The zero-order chi connectivity index (χ0) is 18.9. The standard InChI is InChI=1S/C20H26FN3OS/c1-5-23(15-10-11-15)19-22-14(13-26-19)12-24(18(25)20(2,3)4)17-9-7-6-8-16(17)21/h6-9,13,15H,5,10-12H2,1-4H3. The zero-order valence-corrected chi connectivity index (χ0v) is 16.6. The molecule has 1 fully saturated rings. The number of para-hydroxylation sites is 1. The summed E-state index contributed by atoms with van der Waals surface area (Å²) >= 11 is 1.59. The maximum absolute atomic E-state index is 14.4. The Hall–Kier alpha value is -1.95.